The van der Waals surface area contributed by atoms with Crippen LogP contribution in [-0.2, 0) is 0 Å². The van der Waals surface area contributed by atoms with E-state index in [4.69, 9.17) is 0 Å². The van der Waals surface area contributed by atoms with E-state index in [1.165, 1.54) is 12.6 Å². The predicted octanol–water partition coefficient (Wildman–Crippen LogP) is 2.75. The molecule has 0 heterocycles. The van der Waals surface area contributed by atoms with Crippen molar-refractivity contribution in [1.82, 2.24) is 0 Å². The minimum Gasteiger partial charge on any atom is -0.259 e. The SMILES string of the molecule is CCC1CCC(=C[N+](=O)[O-])CC1. The highest BCUT2D eigenvalue weighted by molar-refractivity contribution is 5.01. The topological polar surface area (TPSA) is 43.1 Å². The molecule has 0 spiro atoms. The van der Waals surface area contributed by atoms with Gasteiger partial charge in [0.05, 0.1) is 4.92 Å². The van der Waals surface area contributed by atoms with Crippen LogP contribution in [0.4, 0.5) is 0 Å². The molecule has 0 radical (unpaired) electrons. The van der Waals surface area contributed by atoms with E-state index in [1.54, 1.807) is 0 Å². The maximum atomic E-state index is 10.1. The molecule has 0 aromatic heterocycles. The van der Waals surface area contributed by atoms with Crippen LogP contribution in [0.2, 0.25) is 0 Å². The second kappa shape index (κ2) is 4.24. The predicted molar refractivity (Wildman–Crippen MR) is 47.3 cm³/mol. The maximum Gasteiger partial charge on any atom is 0.233 e. The molecular formula is C9H15NO2. The number of allylic oxidation sites excluding steroid dienone is 1. The van der Waals surface area contributed by atoms with Crippen molar-refractivity contribution < 1.29 is 4.92 Å². The fraction of sp³-hybridized carbons (Fsp3) is 0.778. The first-order chi connectivity index (χ1) is 5.72. The monoisotopic (exact) mass is 169 g/mol. The maximum absolute atomic E-state index is 10.1. The standard InChI is InChI=1S/C9H15NO2/c1-2-8-3-5-9(6-4-8)7-10(11)12/h7-8H,2-6H2,1H3. The lowest BCUT2D eigenvalue weighted by atomic mass is 9.85. The van der Waals surface area contributed by atoms with Gasteiger partial charge >= 0.3 is 0 Å². The Morgan fingerprint density at radius 3 is 2.58 bits per heavy atom. The lowest BCUT2D eigenvalue weighted by molar-refractivity contribution is -0.403. The van der Waals surface area contributed by atoms with E-state index in [2.05, 4.69) is 6.92 Å². The van der Waals surface area contributed by atoms with Crippen molar-refractivity contribution in [1.29, 1.82) is 0 Å². The minimum absolute atomic E-state index is 0.332. The quantitative estimate of drug-likeness (QED) is 0.471. The first-order valence-electron chi connectivity index (χ1n) is 4.55. The lowest BCUT2D eigenvalue weighted by Gasteiger charge is -2.20. The Morgan fingerprint density at radius 1 is 1.58 bits per heavy atom. The highest BCUT2D eigenvalue weighted by Gasteiger charge is 2.16. The summed E-state index contributed by atoms with van der Waals surface area (Å²) in [5, 5.41) is 10.1. The van der Waals surface area contributed by atoms with Gasteiger partial charge in [0.15, 0.2) is 0 Å². The molecule has 1 saturated carbocycles. The molecule has 0 aromatic rings. The van der Waals surface area contributed by atoms with Gasteiger partial charge in [0.1, 0.15) is 0 Å². The van der Waals surface area contributed by atoms with Crippen molar-refractivity contribution in [2.24, 2.45) is 5.92 Å². The van der Waals surface area contributed by atoms with Gasteiger partial charge in [-0.15, -0.1) is 0 Å². The summed E-state index contributed by atoms with van der Waals surface area (Å²) >= 11 is 0. The zero-order valence-corrected chi connectivity index (χ0v) is 7.45. The van der Waals surface area contributed by atoms with Crippen LogP contribution in [0.1, 0.15) is 39.0 Å². The molecule has 1 aliphatic carbocycles. The zero-order chi connectivity index (χ0) is 8.97. The molecule has 0 aromatic carbocycles. The first kappa shape index (κ1) is 9.23. The van der Waals surface area contributed by atoms with Gasteiger partial charge in [-0.1, -0.05) is 13.3 Å². The average molecular weight is 169 g/mol. The fourth-order valence-electron chi connectivity index (χ4n) is 1.73. The van der Waals surface area contributed by atoms with Gasteiger partial charge in [-0.3, -0.25) is 10.1 Å². The van der Waals surface area contributed by atoms with Crippen LogP contribution in [0.5, 0.6) is 0 Å². The minimum atomic E-state index is -0.332. The van der Waals surface area contributed by atoms with Crippen LogP contribution in [0.3, 0.4) is 0 Å². The zero-order valence-electron chi connectivity index (χ0n) is 7.45. The molecule has 0 atom stereocenters. The third-order valence-corrected chi connectivity index (χ3v) is 2.61. The molecule has 1 fully saturated rings. The molecule has 1 rings (SSSR count). The molecule has 12 heavy (non-hydrogen) atoms. The van der Waals surface area contributed by atoms with Gasteiger partial charge < -0.3 is 0 Å². The third kappa shape index (κ3) is 2.64. The summed E-state index contributed by atoms with van der Waals surface area (Å²) in [6, 6.07) is 0. The molecule has 1 aliphatic rings. The second-order valence-corrected chi connectivity index (χ2v) is 3.42. The van der Waals surface area contributed by atoms with E-state index in [9.17, 15) is 10.1 Å². The van der Waals surface area contributed by atoms with E-state index in [1.807, 2.05) is 0 Å². The van der Waals surface area contributed by atoms with Gasteiger partial charge in [0, 0.05) is 0 Å². The van der Waals surface area contributed by atoms with Crippen molar-refractivity contribution in [3.8, 4) is 0 Å². The van der Waals surface area contributed by atoms with Gasteiger partial charge in [-0.25, -0.2) is 0 Å². The summed E-state index contributed by atoms with van der Waals surface area (Å²) in [6.07, 6.45) is 6.53. The molecule has 0 saturated heterocycles. The highest BCUT2D eigenvalue weighted by atomic mass is 16.6. The highest BCUT2D eigenvalue weighted by Crippen LogP contribution is 2.29. The van der Waals surface area contributed by atoms with Crippen LogP contribution in [-0.4, -0.2) is 4.92 Å². The summed E-state index contributed by atoms with van der Waals surface area (Å²) in [4.78, 5) is 9.82. The second-order valence-electron chi connectivity index (χ2n) is 3.42. The Labute approximate surface area is 72.6 Å². The van der Waals surface area contributed by atoms with Crippen molar-refractivity contribution in [2.75, 3.05) is 0 Å². The van der Waals surface area contributed by atoms with E-state index in [0.29, 0.717) is 0 Å². The van der Waals surface area contributed by atoms with E-state index >= 15 is 0 Å². The van der Waals surface area contributed by atoms with E-state index < -0.39 is 0 Å². The molecule has 3 heteroatoms. The molecular weight excluding hydrogens is 154 g/mol. The summed E-state index contributed by atoms with van der Waals surface area (Å²) in [7, 11) is 0. The van der Waals surface area contributed by atoms with Crippen LogP contribution in [0.25, 0.3) is 0 Å². The Morgan fingerprint density at radius 2 is 2.17 bits per heavy atom. The van der Waals surface area contributed by atoms with E-state index in [-0.39, 0.29) is 4.92 Å². The first-order valence-corrected chi connectivity index (χ1v) is 4.55. The van der Waals surface area contributed by atoms with Crippen molar-refractivity contribution in [2.45, 2.75) is 39.0 Å². The number of hydrogen-bond acceptors (Lipinski definition) is 2. The number of rotatable bonds is 2. The van der Waals surface area contributed by atoms with Gasteiger partial charge in [0.2, 0.25) is 6.20 Å². The Balaban J connectivity index is 2.40. The summed E-state index contributed by atoms with van der Waals surface area (Å²) < 4.78 is 0. The van der Waals surface area contributed by atoms with Crippen molar-refractivity contribution in [3.05, 3.63) is 21.9 Å². The van der Waals surface area contributed by atoms with E-state index in [0.717, 1.165) is 37.2 Å². The Kier molecular flexibility index (Phi) is 3.26. The van der Waals surface area contributed by atoms with Gasteiger partial charge in [-0.05, 0) is 37.2 Å². The number of hydrogen-bond donors (Lipinski definition) is 0. The molecule has 0 bridgehead atoms. The summed E-state index contributed by atoms with van der Waals surface area (Å²) in [5.41, 5.74) is 1.02. The summed E-state index contributed by atoms with van der Waals surface area (Å²) in [6.45, 7) is 2.19. The Hall–Kier alpha value is -0.860. The fourth-order valence-corrected chi connectivity index (χ4v) is 1.73. The molecule has 0 N–H and O–H groups in total. The van der Waals surface area contributed by atoms with Gasteiger partial charge in [-0.2, -0.15) is 0 Å². The average Bonchev–Trinajstić information content (AvgIpc) is 2.05. The van der Waals surface area contributed by atoms with Crippen LogP contribution >= 0.6 is 0 Å². The molecule has 0 amide bonds. The Bertz CT molecular complexity index is 189. The normalized spacial score (nSPS) is 23.8. The van der Waals surface area contributed by atoms with Crippen LogP contribution in [0.15, 0.2) is 11.8 Å². The van der Waals surface area contributed by atoms with Crippen LogP contribution in [0, 0.1) is 16.0 Å². The van der Waals surface area contributed by atoms with Gasteiger partial charge in [0.25, 0.3) is 0 Å². The molecule has 68 valence electrons. The largest absolute Gasteiger partial charge is 0.259 e. The molecule has 0 aliphatic heterocycles. The smallest absolute Gasteiger partial charge is 0.233 e. The number of nitro groups is 1. The number of nitrogens with zero attached hydrogens (tertiary/aromatic N) is 1. The van der Waals surface area contributed by atoms with Crippen molar-refractivity contribution in [3.63, 3.8) is 0 Å². The third-order valence-electron chi connectivity index (χ3n) is 2.61. The summed E-state index contributed by atoms with van der Waals surface area (Å²) in [5.74, 6) is 0.800. The van der Waals surface area contributed by atoms with Crippen LogP contribution < -0.4 is 0 Å². The molecule has 3 nitrogen and oxygen atoms in total. The lowest BCUT2D eigenvalue weighted by Crippen LogP contribution is -2.07. The molecule has 0 unspecified atom stereocenters. The van der Waals surface area contributed by atoms with Crippen molar-refractivity contribution >= 4 is 0 Å².